The van der Waals surface area contributed by atoms with E-state index in [-0.39, 0.29) is 33.9 Å². The summed E-state index contributed by atoms with van der Waals surface area (Å²) in [7, 11) is 2.69. The van der Waals surface area contributed by atoms with Gasteiger partial charge in [0.2, 0.25) is 5.75 Å². The van der Waals surface area contributed by atoms with Gasteiger partial charge in [0, 0.05) is 12.1 Å². The molecule has 0 fully saturated rings. The number of ketones is 1. The highest BCUT2D eigenvalue weighted by Gasteiger charge is 2.22. The quantitative estimate of drug-likeness (QED) is 0.360. The zero-order valence-electron chi connectivity index (χ0n) is 9.23. The highest BCUT2D eigenvalue weighted by atomic mass is 79.9. The van der Waals surface area contributed by atoms with E-state index in [0.29, 0.717) is 0 Å². The minimum Gasteiger partial charge on any atom is -0.496 e. The van der Waals surface area contributed by atoms with Crippen molar-refractivity contribution >= 4 is 27.4 Å². The van der Waals surface area contributed by atoms with Gasteiger partial charge in [-0.15, -0.1) is 0 Å². The van der Waals surface area contributed by atoms with Gasteiger partial charge in [-0.2, -0.15) is 0 Å². The number of carbonyl (C=O) groups is 1. The summed E-state index contributed by atoms with van der Waals surface area (Å²) in [4.78, 5) is 21.8. The Kier molecular flexibility index (Phi) is 4.45. The van der Waals surface area contributed by atoms with Crippen LogP contribution in [0.25, 0.3) is 0 Å². The second-order valence-corrected chi connectivity index (χ2v) is 3.60. The molecule has 0 saturated heterocycles. The molecule has 0 N–H and O–H groups in total. The van der Waals surface area contributed by atoms with Crippen LogP contribution in [0, 0.1) is 10.1 Å². The van der Waals surface area contributed by atoms with Gasteiger partial charge in [0.05, 0.1) is 30.0 Å². The number of Topliss-reactive ketones (excluding diaryl/α,β-unsaturated/α-hetero) is 1. The van der Waals surface area contributed by atoms with Crippen molar-refractivity contribution in [1.82, 2.24) is 0 Å². The summed E-state index contributed by atoms with van der Waals surface area (Å²) in [6, 6.07) is 2.48. The maximum atomic E-state index is 11.6. The van der Waals surface area contributed by atoms with E-state index >= 15 is 0 Å². The number of nitro groups is 1. The number of hydrogen-bond acceptors (Lipinski definition) is 5. The van der Waals surface area contributed by atoms with E-state index in [1.165, 1.54) is 20.3 Å². The molecular weight excluding hydrogens is 294 g/mol. The lowest BCUT2D eigenvalue weighted by Gasteiger charge is -2.09. The van der Waals surface area contributed by atoms with Crippen LogP contribution in [-0.2, 0) is 0 Å². The molecule has 0 aliphatic rings. The van der Waals surface area contributed by atoms with E-state index < -0.39 is 4.92 Å². The van der Waals surface area contributed by atoms with E-state index in [2.05, 4.69) is 15.9 Å². The van der Waals surface area contributed by atoms with Crippen LogP contribution in [-0.4, -0.2) is 30.3 Å². The fourth-order valence-corrected chi connectivity index (χ4v) is 1.62. The van der Waals surface area contributed by atoms with Gasteiger partial charge in [-0.3, -0.25) is 14.9 Å². The van der Waals surface area contributed by atoms with E-state index in [4.69, 9.17) is 9.47 Å². The third-order valence-electron chi connectivity index (χ3n) is 2.12. The molecule has 92 valence electrons. The molecule has 7 heteroatoms. The maximum Gasteiger partial charge on any atom is 0.311 e. The zero-order valence-corrected chi connectivity index (χ0v) is 10.8. The molecule has 0 aliphatic heterocycles. The van der Waals surface area contributed by atoms with Crippen molar-refractivity contribution in [1.29, 1.82) is 0 Å². The Balaban J connectivity index is 3.44. The summed E-state index contributed by atoms with van der Waals surface area (Å²) in [6.07, 6.45) is 0. The summed E-state index contributed by atoms with van der Waals surface area (Å²) >= 11 is 3.01. The number of rotatable bonds is 5. The molecule has 0 bridgehead atoms. The van der Waals surface area contributed by atoms with Crippen molar-refractivity contribution in [2.24, 2.45) is 0 Å². The van der Waals surface area contributed by atoms with Crippen LogP contribution in [0.1, 0.15) is 10.4 Å². The Labute approximate surface area is 106 Å². The molecule has 0 unspecified atom stereocenters. The number of carbonyl (C=O) groups excluding carboxylic acids is 1. The van der Waals surface area contributed by atoms with Crippen LogP contribution in [0.3, 0.4) is 0 Å². The van der Waals surface area contributed by atoms with Gasteiger partial charge in [0.1, 0.15) is 5.75 Å². The first-order valence-corrected chi connectivity index (χ1v) is 5.66. The summed E-state index contributed by atoms with van der Waals surface area (Å²) in [5.41, 5.74) is -0.116. The first kappa shape index (κ1) is 13.4. The second-order valence-electron chi connectivity index (χ2n) is 3.04. The Morgan fingerprint density at radius 3 is 2.35 bits per heavy atom. The van der Waals surface area contributed by atoms with Gasteiger partial charge in [-0.1, -0.05) is 15.9 Å². The predicted molar refractivity (Wildman–Crippen MR) is 64.3 cm³/mol. The number of nitrogens with zero attached hydrogens (tertiary/aromatic N) is 1. The number of halogens is 1. The maximum absolute atomic E-state index is 11.6. The Morgan fingerprint density at radius 2 is 1.94 bits per heavy atom. The van der Waals surface area contributed by atoms with Crippen LogP contribution in [0.5, 0.6) is 11.5 Å². The van der Waals surface area contributed by atoms with E-state index in [9.17, 15) is 14.9 Å². The smallest absolute Gasteiger partial charge is 0.311 e. The van der Waals surface area contributed by atoms with Gasteiger partial charge >= 0.3 is 5.69 Å². The van der Waals surface area contributed by atoms with Crippen LogP contribution >= 0.6 is 15.9 Å². The molecule has 1 rings (SSSR count). The third kappa shape index (κ3) is 2.73. The predicted octanol–water partition coefficient (Wildman–Crippen LogP) is 2.19. The molecule has 0 heterocycles. The van der Waals surface area contributed by atoms with Crippen LogP contribution in [0.2, 0.25) is 0 Å². The minimum absolute atomic E-state index is 0.0537. The average molecular weight is 304 g/mol. The minimum atomic E-state index is -0.608. The van der Waals surface area contributed by atoms with Crippen molar-refractivity contribution in [2.75, 3.05) is 19.5 Å². The molecule has 0 saturated carbocycles. The summed E-state index contributed by atoms with van der Waals surface area (Å²) in [5.74, 6) is 0.00229. The Bertz CT molecular complexity index is 460. The normalized spacial score (nSPS) is 9.82. The lowest BCUT2D eigenvalue weighted by Crippen LogP contribution is -2.05. The molecule has 0 radical (unpaired) electrons. The standard InChI is InChI=1S/C10H10BrNO5/c1-16-9-4-10(17-2)7(12(14)15)3-6(9)8(13)5-11/h3-4H,5H2,1-2H3. The third-order valence-corrected chi connectivity index (χ3v) is 2.63. The first-order chi connectivity index (χ1) is 8.04. The van der Waals surface area contributed by atoms with Gasteiger partial charge in [-0.25, -0.2) is 0 Å². The fourth-order valence-electron chi connectivity index (χ4n) is 1.31. The molecule has 0 aromatic heterocycles. The van der Waals surface area contributed by atoms with Crippen LogP contribution in [0.4, 0.5) is 5.69 Å². The molecule has 0 aliphatic carbocycles. The lowest BCUT2D eigenvalue weighted by molar-refractivity contribution is -0.385. The molecule has 0 spiro atoms. The van der Waals surface area contributed by atoms with Crippen LogP contribution in [0.15, 0.2) is 12.1 Å². The van der Waals surface area contributed by atoms with E-state index in [0.717, 1.165) is 6.07 Å². The molecule has 1 aromatic rings. The van der Waals surface area contributed by atoms with Crippen molar-refractivity contribution in [3.8, 4) is 11.5 Å². The number of benzene rings is 1. The summed E-state index contributed by atoms with van der Waals surface area (Å²) in [6.45, 7) is 0. The Morgan fingerprint density at radius 1 is 1.35 bits per heavy atom. The molecule has 6 nitrogen and oxygen atoms in total. The SMILES string of the molecule is COc1cc(OC)c([N+](=O)[O-])cc1C(=O)CBr. The second kappa shape index (κ2) is 5.62. The molecule has 0 amide bonds. The summed E-state index contributed by atoms with van der Waals surface area (Å²) < 4.78 is 9.87. The monoisotopic (exact) mass is 303 g/mol. The van der Waals surface area contributed by atoms with Gasteiger partial charge in [0.25, 0.3) is 0 Å². The van der Waals surface area contributed by atoms with Crippen molar-refractivity contribution in [2.45, 2.75) is 0 Å². The largest absolute Gasteiger partial charge is 0.496 e. The molecule has 17 heavy (non-hydrogen) atoms. The Hall–Kier alpha value is -1.63. The van der Waals surface area contributed by atoms with Crippen molar-refractivity contribution in [3.05, 3.63) is 27.8 Å². The topological polar surface area (TPSA) is 78.7 Å². The van der Waals surface area contributed by atoms with Crippen molar-refractivity contribution in [3.63, 3.8) is 0 Å². The highest BCUT2D eigenvalue weighted by Crippen LogP contribution is 2.34. The number of alkyl halides is 1. The van der Waals surface area contributed by atoms with Crippen molar-refractivity contribution < 1.29 is 19.2 Å². The summed E-state index contributed by atoms with van der Waals surface area (Å²) in [5, 5.41) is 10.9. The van der Waals surface area contributed by atoms with Crippen LogP contribution < -0.4 is 9.47 Å². The zero-order chi connectivity index (χ0) is 13.0. The number of nitro benzene ring substituents is 1. The van der Waals surface area contributed by atoms with E-state index in [1.807, 2.05) is 0 Å². The molecule has 1 aromatic carbocycles. The molecule has 0 atom stereocenters. The number of hydrogen-bond donors (Lipinski definition) is 0. The van der Waals surface area contributed by atoms with E-state index in [1.54, 1.807) is 0 Å². The van der Waals surface area contributed by atoms with Gasteiger partial charge in [-0.05, 0) is 0 Å². The fraction of sp³-hybridized carbons (Fsp3) is 0.300. The average Bonchev–Trinajstić information content (AvgIpc) is 2.35. The molecular formula is C10H10BrNO5. The lowest BCUT2D eigenvalue weighted by atomic mass is 10.1. The number of ether oxygens (including phenoxy) is 2. The first-order valence-electron chi connectivity index (χ1n) is 4.54. The highest BCUT2D eigenvalue weighted by molar-refractivity contribution is 9.09. The number of methoxy groups -OCH3 is 2. The van der Waals surface area contributed by atoms with Gasteiger partial charge < -0.3 is 9.47 Å². The van der Waals surface area contributed by atoms with Gasteiger partial charge in [0.15, 0.2) is 5.78 Å².